The van der Waals surface area contributed by atoms with E-state index in [0.717, 1.165) is 12.1 Å². The minimum atomic E-state index is -4.41. The molecule has 3 aromatic rings. The number of aromatic nitrogens is 2. The first-order valence-electron chi connectivity index (χ1n) is 11.3. The van der Waals surface area contributed by atoms with Gasteiger partial charge in [-0.3, -0.25) is 9.59 Å². The lowest BCUT2D eigenvalue weighted by atomic mass is 10.0. The van der Waals surface area contributed by atoms with Gasteiger partial charge in [0.05, 0.1) is 12.2 Å². The lowest BCUT2D eigenvalue weighted by Gasteiger charge is -2.36. The van der Waals surface area contributed by atoms with E-state index in [0.29, 0.717) is 43.3 Å². The van der Waals surface area contributed by atoms with Crippen LogP contribution in [0, 0.1) is 0 Å². The van der Waals surface area contributed by atoms with Gasteiger partial charge in [0.25, 0.3) is 5.91 Å². The number of aliphatic hydroxyl groups is 1. The molecule has 1 fully saturated rings. The fourth-order valence-corrected chi connectivity index (χ4v) is 3.89. The van der Waals surface area contributed by atoms with Gasteiger partial charge in [0.15, 0.2) is 0 Å². The van der Waals surface area contributed by atoms with Crippen molar-refractivity contribution in [2.24, 2.45) is 0 Å². The summed E-state index contributed by atoms with van der Waals surface area (Å²) in [6.07, 6.45) is -1.12. The third kappa shape index (κ3) is 5.80. The van der Waals surface area contributed by atoms with Crippen molar-refractivity contribution in [1.82, 2.24) is 20.2 Å². The molecule has 0 saturated carbocycles. The van der Waals surface area contributed by atoms with Crippen LogP contribution in [0.1, 0.15) is 15.9 Å². The number of hydrogen-bond donors (Lipinski definition) is 2. The lowest BCUT2D eigenvalue weighted by Crippen LogP contribution is -2.56. The molecular formula is C25H24F3N5O3. The maximum atomic E-state index is 12.9. The molecule has 2 amide bonds. The predicted octanol–water partition coefficient (Wildman–Crippen LogP) is 2.60. The monoisotopic (exact) mass is 499 g/mol. The molecule has 0 bridgehead atoms. The number of rotatable bonds is 6. The summed E-state index contributed by atoms with van der Waals surface area (Å²) in [7, 11) is 0. The van der Waals surface area contributed by atoms with Crippen LogP contribution in [0.4, 0.5) is 19.1 Å². The van der Waals surface area contributed by atoms with Gasteiger partial charge < -0.3 is 20.2 Å². The Morgan fingerprint density at radius 3 is 2.00 bits per heavy atom. The van der Waals surface area contributed by atoms with Crippen LogP contribution in [0.25, 0.3) is 11.1 Å². The molecule has 8 nitrogen and oxygen atoms in total. The summed E-state index contributed by atoms with van der Waals surface area (Å²) >= 11 is 0. The van der Waals surface area contributed by atoms with E-state index in [9.17, 15) is 27.9 Å². The first-order chi connectivity index (χ1) is 17.3. The number of alkyl halides is 3. The molecule has 1 aromatic heterocycles. The largest absolute Gasteiger partial charge is 0.416 e. The highest BCUT2D eigenvalue weighted by molar-refractivity contribution is 5.98. The maximum absolute atomic E-state index is 12.9. The van der Waals surface area contributed by atoms with Crippen LogP contribution in [-0.4, -0.2) is 70.6 Å². The first-order valence-corrected chi connectivity index (χ1v) is 11.3. The van der Waals surface area contributed by atoms with Gasteiger partial charge in [-0.25, -0.2) is 9.97 Å². The minimum Gasteiger partial charge on any atom is -0.394 e. The number of nitrogens with zero attached hydrogens (tertiary/aromatic N) is 4. The third-order valence-corrected chi connectivity index (χ3v) is 5.90. The van der Waals surface area contributed by atoms with Gasteiger partial charge in [0, 0.05) is 44.1 Å². The normalized spacial score (nSPS) is 14.9. The van der Waals surface area contributed by atoms with Crippen molar-refractivity contribution in [3.05, 3.63) is 78.1 Å². The highest BCUT2D eigenvalue weighted by Crippen LogP contribution is 2.31. The van der Waals surface area contributed by atoms with Gasteiger partial charge in [-0.2, -0.15) is 13.2 Å². The molecule has 2 N–H and O–H groups in total. The second-order valence-corrected chi connectivity index (χ2v) is 8.22. The van der Waals surface area contributed by atoms with Crippen molar-refractivity contribution < 1.29 is 27.9 Å². The summed E-state index contributed by atoms with van der Waals surface area (Å²) in [6, 6.07) is 11.6. The average Bonchev–Trinajstić information content (AvgIpc) is 2.91. The fraction of sp³-hybridized carbons (Fsp3) is 0.280. The van der Waals surface area contributed by atoms with Gasteiger partial charge in [-0.1, -0.05) is 24.3 Å². The number of hydrogen-bond acceptors (Lipinski definition) is 6. The fourth-order valence-electron chi connectivity index (χ4n) is 3.89. The van der Waals surface area contributed by atoms with Crippen LogP contribution in [0.2, 0.25) is 0 Å². The maximum Gasteiger partial charge on any atom is 0.416 e. The minimum absolute atomic E-state index is 0.253. The quantitative estimate of drug-likeness (QED) is 0.541. The van der Waals surface area contributed by atoms with Crippen LogP contribution >= 0.6 is 0 Å². The Morgan fingerprint density at radius 2 is 1.47 bits per heavy atom. The van der Waals surface area contributed by atoms with Crippen molar-refractivity contribution in [2.75, 3.05) is 37.7 Å². The molecule has 0 aliphatic carbocycles. The number of halogens is 3. The summed E-state index contributed by atoms with van der Waals surface area (Å²) in [5, 5.41) is 12.3. The average molecular weight is 499 g/mol. The molecule has 1 saturated heterocycles. The topological polar surface area (TPSA) is 98.7 Å². The molecule has 1 aliphatic heterocycles. The number of aliphatic hydroxyl groups excluding tert-OH is 1. The Labute approximate surface area is 205 Å². The summed E-state index contributed by atoms with van der Waals surface area (Å²) in [4.78, 5) is 37.5. The van der Waals surface area contributed by atoms with Crippen molar-refractivity contribution >= 4 is 17.8 Å². The standard InChI is InChI=1S/C25H24F3N5O3/c26-25(27,28)20-8-6-18(7-9-20)17-2-4-19(5-3-17)22(35)31-21(16-34)23(36)32-12-14-33(15-13-32)24-29-10-1-11-30-24/h1-11,21,34H,12-16H2,(H,31,35)/t21-/m0/s1. The van der Waals surface area contributed by atoms with E-state index < -0.39 is 30.3 Å². The SMILES string of the molecule is O=C(N[C@@H](CO)C(=O)N1CCN(c2ncccn2)CC1)c1ccc(-c2ccc(C(F)(F)F)cc2)cc1. The first kappa shape index (κ1) is 25.1. The Balaban J connectivity index is 1.35. The van der Waals surface area contributed by atoms with E-state index in [-0.39, 0.29) is 11.5 Å². The zero-order chi connectivity index (χ0) is 25.7. The summed E-state index contributed by atoms with van der Waals surface area (Å²) < 4.78 is 38.3. The van der Waals surface area contributed by atoms with E-state index in [1.807, 2.05) is 4.90 Å². The number of anilines is 1. The molecule has 1 atom stereocenters. The zero-order valence-electron chi connectivity index (χ0n) is 19.2. The van der Waals surface area contributed by atoms with Crippen molar-refractivity contribution in [2.45, 2.75) is 12.2 Å². The van der Waals surface area contributed by atoms with E-state index in [1.165, 1.54) is 24.3 Å². The van der Waals surface area contributed by atoms with Crippen LogP contribution in [0.5, 0.6) is 0 Å². The van der Waals surface area contributed by atoms with Gasteiger partial charge in [-0.15, -0.1) is 0 Å². The Kier molecular flexibility index (Phi) is 7.49. The smallest absolute Gasteiger partial charge is 0.394 e. The van der Waals surface area contributed by atoms with E-state index >= 15 is 0 Å². The van der Waals surface area contributed by atoms with Crippen molar-refractivity contribution in [3.8, 4) is 11.1 Å². The molecule has 0 spiro atoms. The Morgan fingerprint density at radius 1 is 0.917 bits per heavy atom. The van der Waals surface area contributed by atoms with E-state index in [4.69, 9.17) is 0 Å². The van der Waals surface area contributed by atoms with Crippen molar-refractivity contribution in [1.29, 1.82) is 0 Å². The molecule has 1 aliphatic rings. The van der Waals surface area contributed by atoms with Gasteiger partial charge >= 0.3 is 6.18 Å². The molecule has 11 heteroatoms. The number of amides is 2. The van der Waals surface area contributed by atoms with Crippen LogP contribution < -0.4 is 10.2 Å². The molecule has 2 aromatic carbocycles. The van der Waals surface area contributed by atoms with Gasteiger partial charge in [-0.05, 0) is 41.5 Å². The number of nitrogens with one attached hydrogen (secondary N) is 1. The predicted molar refractivity (Wildman–Crippen MR) is 126 cm³/mol. The zero-order valence-corrected chi connectivity index (χ0v) is 19.2. The Hall–Kier alpha value is -3.99. The van der Waals surface area contributed by atoms with E-state index in [2.05, 4.69) is 15.3 Å². The molecule has 0 radical (unpaired) electrons. The molecule has 0 unspecified atom stereocenters. The highest BCUT2D eigenvalue weighted by Gasteiger charge is 2.30. The van der Waals surface area contributed by atoms with Crippen LogP contribution in [0.15, 0.2) is 67.0 Å². The number of piperazine rings is 1. The summed E-state index contributed by atoms with van der Waals surface area (Å²) in [5.74, 6) is -0.352. The summed E-state index contributed by atoms with van der Waals surface area (Å²) in [6.45, 7) is 1.27. The van der Waals surface area contributed by atoms with Gasteiger partial charge in [0.2, 0.25) is 11.9 Å². The summed E-state index contributed by atoms with van der Waals surface area (Å²) in [5.41, 5.74) is 0.716. The lowest BCUT2D eigenvalue weighted by molar-refractivity contribution is -0.137. The molecule has 4 rings (SSSR count). The molecule has 2 heterocycles. The second kappa shape index (κ2) is 10.7. The Bertz CT molecular complexity index is 1180. The molecular weight excluding hydrogens is 475 g/mol. The van der Waals surface area contributed by atoms with Gasteiger partial charge in [0.1, 0.15) is 6.04 Å². The highest BCUT2D eigenvalue weighted by atomic mass is 19.4. The van der Waals surface area contributed by atoms with Crippen molar-refractivity contribution in [3.63, 3.8) is 0 Å². The second-order valence-electron chi connectivity index (χ2n) is 8.22. The number of carbonyl (C=O) groups excluding carboxylic acids is 2. The van der Waals surface area contributed by atoms with Crippen LogP contribution in [0.3, 0.4) is 0 Å². The van der Waals surface area contributed by atoms with E-state index in [1.54, 1.807) is 35.5 Å². The van der Waals surface area contributed by atoms with Crippen LogP contribution in [-0.2, 0) is 11.0 Å². The number of carbonyl (C=O) groups is 2. The third-order valence-electron chi connectivity index (χ3n) is 5.90. The molecule has 36 heavy (non-hydrogen) atoms. The number of benzene rings is 2. The molecule has 188 valence electrons.